The summed E-state index contributed by atoms with van der Waals surface area (Å²) in [5.41, 5.74) is 1.80. The number of rotatable bonds is 1. The molecule has 0 radical (unpaired) electrons. The molecule has 0 aliphatic rings. The molecule has 1 aromatic carbocycles. The SMILES string of the molecule is ClCCC#Cc1ccc2c(Cl)ccnc2c1. The number of hydrogen-bond acceptors (Lipinski definition) is 1. The fourth-order valence-electron chi connectivity index (χ4n) is 1.40. The van der Waals surface area contributed by atoms with Crippen molar-refractivity contribution in [3.8, 4) is 11.8 Å². The van der Waals surface area contributed by atoms with E-state index in [9.17, 15) is 0 Å². The molecule has 2 rings (SSSR count). The van der Waals surface area contributed by atoms with Crippen LogP contribution < -0.4 is 0 Å². The van der Waals surface area contributed by atoms with Crippen molar-refractivity contribution in [3.05, 3.63) is 41.0 Å². The summed E-state index contributed by atoms with van der Waals surface area (Å²) in [6, 6.07) is 7.59. The molecule has 1 nitrogen and oxygen atoms in total. The molecule has 1 heterocycles. The van der Waals surface area contributed by atoms with Gasteiger partial charge in [-0.15, -0.1) is 11.6 Å². The molecule has 0 spiro atoms. The third-order valence-corrected chi connectivity index (χ3v) is 2.66. The van der Waals surface area contributed by atoms with Crippen LogP contribution in [-0.2, 0) is 0 Å². The summed E-state index contributed by atoms with van der Waals surface area (Å²) in [5, 5.41) is 1.66. The monoisotopic (exact) mass is 249 g/mol. The lowest BCUT2D eigenvalue weighted by atomic mass is 10.1. The van der Waals surface area contributed by atoms with Gasteiger partial charge in [-0.2, -0.15) is 0 Å². The van der Waals surface area contributed by atoms with Crippen molar-refractivity contribution < 1.29 is 0 Å². The zero-order valence-corrected chi connectivity index (χ0v) is 10.0. The molecule has 0 atom stereocenters. The molecule has 0 N–H and O–H groups in total. The fourth-order valence-corrected chi connectivity index (χ4v) is 1.71. The number of aromatic nitrogens is 1. The summed E-state index contributed by atoms with van der Waals surface area (Å²) in [5.74, 6) is 6.59. The van der Waals surface area contributed by atoms with Gasteiger partial charge in [0, 0.05) is 29.4 Å². The first-order valence-electron chi connectivity index (χ1n) is 4.90. The summed E-state index contributed by atoms with van der Waals surface area (Å²) in [4.78, 5) is 4.25. The summed E-state index contributed by atoms with van der Waals surface area (Å²) in [6.07, 6.45) is 2.39. The predicted molar refractivity (Wildman–Crippen MR) is 69.0 cm³/mol. The molecule has 0 aliphatic heterocycles. The van der Waals surface area contributed by atoms with Gasteiger partial charge in [-0.25, -0.2) is 0 Å². The highest BCUT2D eigenvalue weighted by molar-refractivity contribution is 6.35. The van der Waals surface area contributed by atoms with Crippen LogP contribution in [-0.4, -0.2) is 10.9 Å². The minimum atomic E-state index is 0.560. The summed E-state index contributed by atoms with van der Waals surface area (Å²) in [6.45, 7) is 0. The Labute approximate surface area is 104 Å². The van der Waals surface area contributed by atoms with Crippen LogP contribution in [0.1, 0.15) is 12.0 Å². The van der Waals surface area contributed by atoms with E-state index in [2.05, 4.69) is 16.8 Å². The van der Waals surface area contributed by atoms with Crippen molar-refractivity contribution in [2.75, 3.05) is 5.88 Å². The van der Waals surface area contributed by atoms with Crippen molar-refractivity contribution in [1.82, 2.24) is 4.98 Å². The second-order valence-electron chi connectivity index (χ2n) is 3.27. The second kappa shape index (κ2) is 5.21. The molecular formula is C13H9Cl2N. The Morgan fingerprint density at radius 1 is 1.25 bits per heavy atom. The third kappa shape index (κ3) is 2.47. The maximum atomic E-state index is 6.04. The molecule has 0 saturated carbocycles. The van der Waals surface area contributed by atoms with Crippen LogP contribution in [0.5, 0.6) is 0 Å². The molecule has 2 aromatic rings. The largest absolute Gasteiger partial charge is 0.256 e. The molecule has 1 aromatic heterocycles. The van der Waals surface area contributed by atoms with Gasteiger partial charge in [0.05, 0.1) is 10.5 Å². The molecule has 80 valence electrons. The third-order valence-electron chi connectivity index (χ3n) is 2.14. The van der Waals surface area contributed by atoms with Crippen LogP contribution in [0, 0.1) is 11.8 Å². The van der Waals surface area contributed by atoms with Gasteiger partial charge in [0.15, 0.2) is 0 Å². The minimum absolute atomic E-state index is 0.560. The maximum Gasteiger partial charge on any atom is 0.0729 e. The lowest BCUT2D eigenvalue weighted by molar-refractivity contribution is 1.29. The normalized spacial score (nSPS) is 9.88. The standard InChI is InChI=1S/C13H9Cl2N/c14-7-2-1-3-10-4-5-11-12(15)6-8-16-13(11)9-10/h4-6,8-9H,2,7H2. The summed E-state index contributed by atoms with van der Waals surface area (Å²) < 4.78 is 0. The van der Waals surface area contributed by atoms with E-state index < -0.39 is 0 Å². The van der Waals surface area contributed by atoms with Crippen LogP contribution in [0.15, 0.2) is 30.5 Å². The Morgan fingerprint density at radius 3 is 2.94 bits per heavy atom. The molecule has 0 saturated heterocycles. The van der Waals surface area contributed by atoms with Crippen LogP contribution in [0.2, 0.25) is 5.02 Å². The first-order chi connectivity index (χ1) is 7.81. The summed E-state index contributed by atoms with van der Waals surface area (Å²) >= 11 is 11.6. The van der Waals surface area contributed by atoms with E-state index in [4.69, 9.17) is 23.2 Å². The molecule has 0 unspecified atom stereocenters. The average Bonchev–Trinajstić information content (AvgIpc) is 2.30. The highest BCUT2D eigenvalue weighted by Gasteiger charge is 1.99. The van der Waals surface area contributed by atoms with Crippen molar-refractivity contribution >= 4 is 34.1 Å². The maximum absolute atomic E-state index is 6.04. The van der Waals surface area contributed by atoms with E-state index >= 15 is 0 Å². The number of alkyl halides is 1. The van der Waals surface area contributed by atoms with E-state index in [1.165, 1.54) is 0 Å². The number of fused-ring (bicyclic) bond motifs is 1. The highest BCUT2D eigenvalue weighted by atomic mass is 35.5. The number of hydrogen-bond donors (Lipinski definition) is 0. The fraction of sp³-hybridized carbons (Fsp3) is 0.154. The molecular weight excluding hydrogens is 241 g/mol. The molecule has 0 bridgehead atoms. The number of nitrogens with zero attached hydrogens (tertiary/aromatic N) is 1. The molecule has 0 aliphatic carbocycles. The van der Waals surface area contributed by atoms with Gasteiger partial charge in [-0.1, -0.05) is 29.5 Å². The summed E-state index contributed by atoms with van der Waals surface area (Å²) in [7, 11) is 0. The Kier molecular flexibility index (Phi) is 3.66. The van der Waals surface area contributed by atoms with Gasteiger partial charge in [-0.05, 0) is 18.2 Å². The van der Waals surface area contributed by atoms with E-state index in [0.29, 0.717) is 17.3 Å². The van der Waals surface area contributed by atoms with Crippen molar-refractivity contribution in [2.24, 2.45) is 0 Å². The lowest BCUT2D eigenvalue weighted by Gasteiger charge is -1.99. The van der Waals surface area contributed by atoms with Gasteiger partial charge >= 0.3 is 0 Å². The Morgan fingerprint density at radius 2 is 2.12 bits per heavy atom. The van der Waals surface area contributed by atoms with Gasteiger partial charge in [0.25, 0.3) is 0 Å². The molecule has 16 heavy (non-hydrogen) atoms. The van der Waals surface area contributed by atoms with E-state index in [0.717, 1.165) is 16.5 Å². The van der Waals surface area contributed by atoms with Crippen molar-refractivity contribution in [2.45, 2.75) is 6.42 Å². The Hall–Kier alpha value is -1.23. The number of halogens is 2. The topological polar surface area (TPSA) is 12.9 Å². The Bertz CT molecular complexity index is 567. The van der Waals surface area contributed by atoms with E-state index in [1.54, 1.807) is 12.3 Å². The second-order valence-corrected chi connectivity index (χ2v) is 4.05. The van der Waals surface area contributed by atoms with Gasteiger partial charge < -0.3 is 0 Å². The number of pyridine rings is 1. The van der Waals surface area contributed by atoms with E-state index in [-0.39, 0.29) is 0 Å². The molecule has 3 heteroatoms. The quantitative estimate of drug-likeness (QED) is 0.553. The van der Waals surface area contributed by atoms with Gasteiger partial charge in [0.1, 0.15) is 0 Å². The van der Waals surface area contributed by atoms with Gasteiger partial charge in [0.2, 0.25) is 0 Å². The minimum Gasteiger partial charge on any atom is -0.256 e. The predicted octanol–water partition coefficient (Wildman–Crippen LogP) is 3.87. The van der Waals surface area contributed by atoms with Crippen molar-refractivity contribution in [1.29, 1.82) is 0 Å². The van der Waals surface area contributed by atoms with Crippen LogP contribution in [0.4, 0.5) is 0 Å². The van der Waals surface area contributed by atoms with Gasteiger partial charge in [-0.3, -0.25) is 4.98 Å². The lowest BCUT2D eigenvalue weighted by Crippen LogP contribution is -1.81. The van der Waals surface area contributed by atoms with Crippen LogP contribution >= 0.6 is 23.2 Å². The van der Waals surface area contributed by atoms with Crippen molar-refractivity contribution in [3.63, 3.8) is 0 Å². The van der Waals surface area contributed by atoms with Crippen LogP contribution in [0.25, 0.3) is 10.9 Å². The number of benzene rings is 1. The van der Waals surface area contributed by atoms with Crippen LogP contribution in [0.3, 0.4) is 0 Å². The highest BCUT2D eigenvalue weighted by Crippen LogP contribution is 2.21. The Balaban J connectivity index is 2.42. The first-order valence-corrected chi connectivity index (χ1v) is 5.81. The zero-order chi connectivity index (χ0) is 11.4. The zero-order valence-electron chi connectivity index (χ0n) is 8.50. The smallest absolute Gasteiger partial charge is 0.0729 e. The average molecular weight is 250 g/mol. The molecule has 0 amide bonds. The first kappa shape index (κ1) is 11.3. The molecule has 0 fully saturated rings. The van der Waals surface area contributed by atoms with E-state index in [1.807, 2.05) is 18.2 Å².